The van der Waals surface area contributed by atoms with Crippen molar-refractivity contribution in [1.29, 1.82) is 0 Å². The molecular formula is C14H15ClN2. The van der Waals surface area contributed by atoms with Crippen LogP contribution in [0, 0.1) is 6.92 Å². The minimum Gasteiger partial charge on any atom is -0.398 e. The molecule has 17 heavy (non-hydrogen) atoms. The van der Waals surface area contributed by atoms with Crippen LogP contribution in [0.4, 0.5) is 5.69 Å². The molecule has 1 aliphatic carbocycles. The maximum Gasteiger partial charge on any atom is 0.0912 e. The van der Waals surface area contributed by atoms with E-state index in [2.05, 4.69) is 6.07 Å². The molecule has 0 bridgehead atoms. The number of benzene rings is 1. The molecule has 0 amide bonds. The Labute approximate surface area is 106 Å². The van der Waals surface area contributed by atoms with Gasteiger partial charge in [0.1, 0.15) is 0 Å². The van der Waals surface area contributed by atoms with Gasteiger partial charge in [-0.25, -0.2) is 0 Å². The van der Waals surface area contributed by atoms with Gasteiger partial charge in [0.15, 0.2) is 0 Å². The van der Waals surface area contributed by atoms with Crippen LogP contribution in [-0.4, -0.2) is 4.98 Å². The van der Waals surface area contributed by atoms with Crippen LogP contribution in [-0.2, 0) is 12.8 Å². The summed E-state index contributed by atoms with van der Waals surface area (Å²) in [5.41, 5.74) is 11.5. The summed E-state index contributed by atoms with van der Waals surface area (Å²) in [5.74, 6) is 0. The molecule has 1 aliphatic rings. The minimum atomic E-state index is 0.708. The first-order valence-electron chi connectivity index (χ1n) is 6.04. The van der Waals surface area contributed by atoms with E-state index in [0.29, 0.717) is 5.02 Å². The molecular weight excluding hydrogens is 232 g/mol. The summed E-state index contributed by atoms with van der Waals surface area (Å²) in [4.78, 5) is 4.71. The van der Waals surface area contributed by atoms with Crippen molar-refractivity contribution >= 4 is 28.2 Å². The predicted octanol–water partition coefficient (Wildman–Crippen LogP) is 3.66. The van der Waals surface area contributed by atoms with Crippen LogP contribution in [0.2, 0.25) is 5.02 Å². The van der Waals surface area contributed by atoms with E-state index in [4.69, 9.17) is 22.3 Å². The molecule has 3 rings (SSSR count). The molecule has 1 heterocycles. The third-order valence-electron chi connectivity index (χ3n) is 3.51. The Morgan fingerprint density at radius 1 is 1.24 bits per heavy atom. The fourth-order valence-electron chi connectivity index (χ4n) is 2.65. The van der Waals surface area contributed by atoms with E-state index in [1.165, 1.54) is 18.4 Å². The number of hydrogen-bond donors (Lipinski definition) is 1. The third-order valence-corrected chi connectivity index (χ3v) is 3.80. The lowest BCUT2D eigenvalue weighted by Gasteiger charge is -2.19. The number of rotatable bonds is 0. The molecule has 0 fully saturated rings. The molecule has 1 aromatic heterocycles. The monoisotopic (exact) mass is 246 g/mol. The lowest BCUT2D eigenvalue weighted by molar-refractivity contribution is 0.673. The zero-order valence-electron chi connectivity index (χ0n) is 9.89. The van der Waals surface area contributed by atoms with Crippen LogP contribution in [0.5, 0.6) is 0 Å². The highest BCUT2D eigenvalue weighted by Crippen LogP contribution is 2.34. The summed E-state index contributed by atoms with van der Waals surface area (Å²) in [6.45, 7) is 2.03. The second-order valence-electron chi connectivity index (χ2n) is 4.80. The second-order valence-corrected chi connectivity index (χ2v) is 5.21. The van der Waals surface area contributed by atoms with Crippen molar-refractivity contribution in [3.05, 3.63) is 34.0 Å². The molecule has 0 radical (unpaired) electrons. The molecule has 0 saturated heterocycles. The van der Waals surface area contributed by atoms with Crippen molar-refractivity contribution in [2.24, 2.45) is 0 Å². The fraction of sp³-hybridized carbons (Fsp3) is 0.357. The van der Waals surface area contributed by atoms with Crippen LogP contribution in [0.15, 0.2) is 12.1 Å². The van der Waals surface area contributed by atoms with E-state index in [9.17, 15) is 0 Å². The lowest BCUT2D eigenvalue weighted by Crippen LogP contribution is -2.09. The van der Waals surface area contributed by atoms with Gasteiger partial charge >= 0.3 is 0 Å². The summed E-state index contributed by atoms with van der Waals surface area (Å²) < 4.78 is 0. The molecule has 0 atom stereocenters. The van der Waals surface area contributed by atoms with Crippen LogP contribution in [0.3, 0.4) is 0 Å². The first kappa shape index (κ1) is 10.8. The maximum absolute atomic E-state index is 6.28. The van der Waals surface area contributed by atoms with Gasteiger partial charge in [0.25, 0.3) is 0 Å². The number of pyridine rings is 1. The number of fused-ring (bicyclic) bond motifs is 2. The van der Waals surface area contributed by atoms with Crippen molar-refractivity contribution in [3.63, 3.8) is 0 Å². The van der Waals surface area contributed by atoms with Crippen molar-refractivity contribution in [2.45, 2.75) is 32.6 Å². The lowest BCUT2D eigenvalue weighted by atomic mass is 9.92. The number of hydrogen-bond acceptors (Lipinski definition) is 2. The smallest absolute Gasteiger partial charge is 0.0912 e. The Morgan fingerprint density at radius 2 is 2.00 bits per heavy atom. The highest BCUT2D eigenvalue weighted by atomic mass is 35.5. The Hall–Kier alpha value is -1.28. The van der Waals surface area contributed by atoms with Crippen LogP contribution in [0.1, 0.15) is 29.7 Å². The highest BCUT2D eigenvalue weighted by molar-refractivity contribution is 6.35. The van der Waals surface area contributed by atoms with Gasteiger partial charge in [0, 0.05) is 16.8 Å². The van der Waals surface area contributed by atoms with E-state index in [0.717, 1.165) is 40.7 Å². The molecule has 2 N–H and O–H groups in total. The van der Waals surface area contributed by atoms with Crippen LogP contribution >= 0.6 is 11.6 Å². The minimum absolute atomic E-state index is 0.708. The van der Waals surface area contributed by atoms with Gasteiger partial charge in [-0.2, -0.15) is 0 Å². The van der Waals surface area contributed by atoms with Gasteiger partial charge in [-0.05, 0) is 55.9 Å². The maximum atomic E-state index is 6.28. The third kappa shape index (κ3) is 1.67. The Morgan fingerprint density at radius 3 is 2.82 bits per heavy atom. The standard InChI is InChI=1S/C14H15ClN2/c1-8-6-10-13(16)9-4-2-3-5-12(9)17-14(10)11(15)7-8/h6-7H,2-5H2,1H3,(H2,16,17). The Balaban J connectivity index is 2.40. The Kier molecular flexibility index (Phi) is 2.48. The number of aromatic nitrogens is 1. The van der Waals surface area contributed by atoms with Gasteiger partial charge in [-0.3, -0.25) is 4.98 Å². The van der Waals surface area contributed by atoms with E-state index in [-0.39, 0.29) is 0 Å². The van der Waals surface area contributed by atoms with Gasteiger partial charge < -0.3 is 5.73 Å². The topological polar surface area (TPSA) is 38.9 Å². The van der Waals surface area contributed by atoms with Crippen molar-refractivity contribution in [3.8, 4) is 0 Å². The van der Waals surface area contributed by atoms with Gasteiger partial charge in [-0.15, -0.1) is 0 Å². The largest absolute Gasteiger partial charge is 0.398 e. The number of halogens is 1. The zero-order chi connectivity index (χ0) is 12.0. The molecule has 3 heteroatoms. The molecule has 88 valence electrons. The summed E-state index contributed by atoms with van der Waals surface area (Å²) in [5, 5.41) is 1.72. The van der Waals surface area contributed by atoms with Crippen LogP contribution < -0.4 is 5.73 Å². The molecule has 0 aliphatic heterocycles. The normalized spacial score (nSPS) is 14.9. The second kappa shape index (κ2) is 3.88. The van der Waals surface area contributed by atoms with E-state index >= 15 is 0 Å². The van der Waals surface area contributed by atoms with Crippen molar-refractivity contribution in [2.75, 3.05) is 5.73 Å². The van der Waals surface area contributed by atoms with E-state index in [1.807, 2.05) is 13.0 Å². The Bertz CT molecular complexity index is 605. The van der Waals surface area contributed by atoms with Crippen molar-refractivity contribution < 1.29 is 0 Å². The fourth-order valence-corrected chi connectivity index (χ4v) is 2.97. The quantitative estimate of drug-likeness (QED) is 0.771. The first-order valence-corrected chi connectivity index (χ1v) is 6.41. The molecule has 0 unspecified atom stereocenters. The number of anilines is 1. The summed E-state index contributed by atoms with van der Waals surface area (Å²) in [7, 11) is 0. The van der Waals surface area contributed by atoms with E-state index < -0.39 is 0 Å². The van der Waals surface area contributed by atoms with Crippen molar-refractivity contribution in [1.82, 2.24) is 4.98 Å². The predicted molar refractivity (Wildman–Crippen MR) is 72.5 cm³/mol. The van der Waals surface area contributed by atoms with E-state index in [1.54, 1.807) is 0 Å². The number of nitrogens with two attached hydrogens (primary N) is 1. The molecule has 0 spiro atoms. The van der Waals surface area contributed by atoms with Gasteiger partial charge in [-0.1, -0.05) is 11.6 Å². The molecule has 2 nitrogen and oxygen atoms in total. The van der Waals surface area contributed by atoms with Gasteiger partial charge in [0.05, 0.1) is 10.5 Å². The van der Waals surface area contributed by atoms with Gasteiger partial charge in [0.2, 0.25) is 0 Å². The zero-order valence-corrected chi connectivity index (χ0v) is 10.6. The summed E-state index contributed by atoms with van der Waals surface area (Å²) >= 11 is 6.26. The number of nitrogen functional groups attached to an aromatic ring is 1. The molecule has 2 aromatic rings. The number of nitrogens with zero attached hydrogens (tertiary/aromatic N) is 1. The average molecular weight is 247 g/mol. The SMILES string of the molecule is Cc1cc(Cl)c2nc3c(c(N)c2c1)CCCC3. The molecule has 0 saturated carbocycles. The summed E-state index contributed by atoms with van der Waals surface area (Å²) in [6, 6.07) is 4.03. The average Bonchev–Trinajstić information content (AvgIpc) is 2.31. The number of aryl methyl sites for hydroxylation is 2. The summed E-state index contributed by atoms with van der Waals surface area (Å²) in [6.07, 6.45) is 4.49. The first-order chi connectivity index (χ1) is 8.16. The van der Waals surface area contributed by atoms with Crippen LogP contribution in [0.25, 0.3) is 10.9 Å². The highest BCUT2D eigenvalue weighted by Gasteiger charge is 2.17. The molecule has 1 aromatic carbocycles.